The molecule has 1 aromatic heterocycles. The first kappa shape index (κ1) is 10.4. The lowest BCUT2D eigenvalue weighted by molar-refractivity contribution is 0.0975. The zero-order valence-corrected chi connectivity index (χ0v) is 10.8. The number of hydrogen-bond acceptors (Lipinski definition) is 2. The van der Waals surface area contributed by atoms with Crippen LogP contribution in [0.4, 0.5) is 0 Å². The highest BCUT2D eigenvalue weighted by Crippen LogP contribution is 2.37. The van der Waals surface area contributed by atoms with Crippen LogP contribution in [0.25, 0.3) is 0 Å². The molecule has 0 aliphatic heterocycles. The Bertz CT molecular complexity index is 377. The van der Waals surface area contributed by atoms with Crippen molar-refractivity contribution in [3.8, 4) is 0 Å². The minimum Gasteiger partial charge on any atom is -0.294 e. The number of carbonyl (C=O) groups excluding carboxylic acids is 1. The first-order valence-electron chi connectivity index (χ1n) is 4.88. The van der Waals surface area contributed by atoms with Gasteiger partial charge >= 0.3 is 0 Å². The summed E-state index contributed by atoms with van der Waals surface area (Å²) in [7, 11) is 0. The molecule has 76 valence electrons. The van der Waals surface area contributed by atoms with Crippen LogP contribution < -0.4 is 0 Å². The van der Waals surface area contributed by atoms with E-state index in [2.05, 4.69) is 22.9 Å². The summed E-state index contributed by atoms with van der Waals surface area (Å²) in [5.74, 6) is 0.996. The van der Waals surface area contributed by atoms with E-state index in [1.165, 1.54) is 17.7 Å². The van der Waals surface area contributed by atoms with Gasteiger partial charge in [0.2, 0.25) is 0 Å². The van der Waals surface area contributed by atoms with E-state index < -0.39 is 0 Å². The van der Waals surface area contributed by atoms with E-state index in [1.54, 1.807) is 11.3 Å². The van der Waals surface area contributed by atoms with Crippen molar-refractivity contribution in [3.63, 3.8) is 0 Å². The van der Waals surface area contributed by atoms with Crippen molar-refractivity contribution in [2.24, 2.45) is 5.92 Å². The van der Waals surface area contributed by atoms with Crippen LogP contribution in [0.5, 0.6) is 0 Å². The molecule has 0 radical (unpaired) electrons. The van der Waals surface area contributed by atoms with Gasteiger partial charge in [-0.1, -0.05) is 0 Å². The molecule has 0 N–H and O–H groups in total. The lowest BCUT2D eigenvalue weighted by atomic mass is 10.0. The van der Waals surface area contributed by atoms with Crippen molar-refractivity contribution in [1.29, 1.82) is 0 Å². The van der Waals surface area contributed by atoms with Gasteiger partial charge in [0.1, 0.15) is 0 Å². The van der Waals surface area contributed by atoms with Crippen molar-refractivity contribution in [2.45, 2.75) is 33.1 Å². The average Bonchev–Trinajstić information content (AvgIpc) is 2.83. The monoisotopic (exact) mass is 272 g/mol. The van der Waals surface area contributed by atoms with Crippen LogP contribution in [0.3, 0.4) is 0 Å². The third kappa shape index (κ3) is 1.94. The highest BCUT2D eigenvalue weighted by Gasteiger charge is 2.27. The topological polar surface area (TPSA) is 17.1 Å². The Balaban J connectivity index is 2.24. The summed E-state index contributed by atoms with van der Waals surface area (Å²) in [5, 5.41) is 0. The van der Waals surface area contributed by atoms with Gasteiger partial charge in [0.05, 0.1) is 3.79 Å². The van der Waals surface area contributed by atoms with Crippen LogP contribution in [0.2, 0.25) is 0 Å². The third-order valence-corrected chi connectivity index (χ3v) is 4.67. The number of halogens is 1. The average molecular weight is 273 g/mol. The summed E-state index contributed by atoms with van der Waals surface area (Å²) >= 11 is 5.14. The summed E-state index contributed by atoms with van der Waals surface area (Å²) in [6, 6.07) is 0. The molecule has 1 aliphatic carbocycles. The fraction of sp³-hybridized carbons (Fsp3) is 0.545. The highest BCUT2D eigenvalue weighted by atomic mass is 79.9. The Morgan fingerprint density at radius 2 is 2.14 bits per heavy atom. The Kier molecular flexibility index (Phi) is 2.80. The number of aryl methyl sites for hydroxylation is 1. The molecule has 1 aliphatic rings. The van der Waals surface area contributed by atoms with Gasteiger partial charge in [-0.2, -0.15) is 0 Å². The van der Waals surface area contributed by atoms with Gasteiger partial charge in [0, 0.05) is 16.9 Å². The maximum atomic E-state index is 11.9. The summed E-state index contributed by atoms with van der Waals surface area (Å²) < 4.78 is 1.01. The molecule has 0 amide bonds. The van der Waals surface area contributed by atoms with Crippen LogP contribution in [0.1, 0.15) is 40.1 Å². The Hall–Kier alpha value is -0.150. The molecule has 2 rings (SSSR count). The molecule has 3 heteroatoms. The summed E-state index contributed by atoms with van der Waals surface area (Å²) in [6.07, 6.45) is 3.23. The zero-order valence-electron chi connectivity index (χ0n) is 8.39. The smallest absolute Gasteiger partial charge is 0.165 e. The van der Waals surface area contributed by atoms with Gasteiger partial charge in [-0.15, -0.1) is 11.3 Å². The number of ketones is 1. The maximum Gasteiger partial charge on any atom is 0.165 e. The van der Waals surface area contributed by atoms with Gasteiger partial charge < -0.3 is 0 Å². The van der Waals surface area contributed by atoms with Gasteiger partial charge in [-0.05, 0) is 54.1 Å². The largest absolute Gasteiger partial charge is 0.294 e. The van der Waals surface area contributed by atoms with E-state index in [-0.39, 0.29) is 0 Å². The molecule has 0 aromatic carbocycles. The Morgan fingerprint density at radius 3 is 2.57 bits per heavy atom. The molecule has 1 fully saturated rings. The zero-order chi connectivity index (χ0) is 10.3. The van der Waals surface area contributed by atoms with Gasteiger partial charge in [0.25, 0.3) is 0 Å². The van der Waals surface area contributed by atoms with Crippen LogP contribution in [-0.2, 0) is 0 Å². The van der Waals surface area contributed by atoms with Gasteiger partial charge in [0.15, 0.2) is 5.78 Å². The number of hydrogen-bond donors (Lipinski definition) is 0. The fourth-order valence-corrected chi connectivity index (χ4v) is 3.73. The normalized spacial score (nSPS) is 15.9. The predicted octanol–water partition coefficient (Wildman–Crippen LogP) is 4.11. The van der Waals surface area contributed by atoms with Gasteiger partial charge in [-0.25, -0.2) is 0 Å². The van der Waals surface area contributed by atoms with E-state index in [4.69, 9.17) is 0 Å². The van der Waals surface area contributed by atoms with E-state index in [0.717, 1.165) is 21.3 Å². The molecule has 1 aromatic rings. The second kappa shape index (κ2) is 3.78. The first-order valence-corrected chi connectivity index (χ1v) is 6.49. The van der Waals surface area contributed by atoms with Crippen molar-refractivity contribution < 1.29 is 4.79 Å². The molecule has 0 bridgehead atoms. The molecule has 1 saturated carbocycles. The molecular formula is C11H13BrOS. The number of rotatable bonds is 3. The third-order valence-electron chi connectivity index (χ3n) is 2.79. The molecule has 1 nitrogen and oxygen atoms in total. The van der Waals surface area contributed by atoms with Crippen LogP contribution in [0, 0.1) is 19.8 Å². The minimum atomic E-state index is 0.321. The van der Waals surface area contributed by atoms with E-state index in [0.29, 0.717) is 11.7 Å². The van der Waals surface area contributed by atoms with E-state index >= 15 is 0 Å². The molecular weight excluding hydrogens is 260 g/mol. The first-order chi connectivity index (χ1) is 6.59. The van der Waals surface area contributed by atoms with Crippen LogP contribution in [0.15, 0.2) is 3.79 Å². The van der Waals surface area contributed by atoms with Gasteiger partial charge in [-0.3, -0.25) is 4.79 Å². The second-order valence-corrected chi connectivity index (χ2v) is 6.55. The lowest BCUT2D eigenvalue weighted by Crippen LogP contribution is -2.01. The van der Waals surface area contributed by atoms with E-state index in [9.17, 15) is 4.79 Å². The predicted molar refractivity (Wildman–Crippen MR) is 63.2 cm³/mol. The maximum absolute atomic E-state index is 11.9. The fourth-order valence-electron chi connectivity index (χ4n) is 1.59. The Labute approximate surface area is 96.6 Å². The molecule has 14 heavy (non-hydrogen) atoms. The quantitative estimate of drug-likeness (QED) is 0.757. The molecule has 0 spiro atoms. The van der Waals surface area contributed by atoms with Crippen molar-refractivity contribution in [2.75, 3.05) is 0 Å². The van der Waals surface area contributed by atoms with E-state index in [1.807, 2.05) is 6.92 Å². The molecule has 0 unspecified atom stereocenters. The summed E-state index contributed by atoms with van der Waals surface area (Å²) in [5.41, 5.74) is 2.09. The van der Waals surface area contributed by atoms with Crippen LogP contribution in [-0.4, -0.2) is 5.78 Å². The SMILES string of the molecule is Cc1sc(Br)c(C(=O)CC2CC2)c1C. The minimum absolute atomic E-state index is 0.321. The second-order valence-electron chi connectivity index (χ2n) is 4.00. The summed E-state index contributed by atoms with van der Waals surface area (Å²) in [6.45, 7) is 4.11. The Morgan fingerprint density at radius 1 is 1.50 bits per heavy atom. The standard InChI is InChI=1S/C11H13BrOS/c1-6-7(2)14-11(12)10(6)9(13)5-8-3-4-8/h8H,3-5H2,1-2H3. The number of Topliss-reactive ketones (excluding diaryl/α,β-unsaturated/α-hetero) is 1. The molecule has 0 atom stereocenters. The summed E-state index contributed by atoms with van der Waals surface area (Å²) in [4.78, 5) is 13.2. The van der Waals surface area contributed by atoms with Crippen molar-refractivity contribution in [1.82, 2.24) is 0 Å². The highest BCUT2D eigenvalue weighted by molar-refractivity contribution is 9.11. The van der Waals surface area contributed by atoms with Crippen molar-refractivity contribution in [3.05, 3.63) is 19.8 Å². The number of thiophene rings is 1. The number of carbonyl (C=O) groups is 1. The van der Waals surface area contributed by atoms with Crippen molar-refractivity contribution >= 4 is 33.0 Å². The van der Waals surface area contributed by atoms with Crippen LogP contribution >= 0.6 is 27.3 Å². The molecule has 1 heterocycles. The molecule has 0 saturated heterocycles. The lowest BCUT2D eigenvalue weighted by Gasteiger charge is -1.99.